The number of imidazole rings is 1. The number of fused-ring (bicyclic) bond motifs is 2. The monoisotopic (exact) mass is 523 g/mol. The highest BCUT2D eigenvalue weighted by atomic mass is 32.1. The molecule has 1 aromatic carbocycles. The number of rotatable bonds is 5. The zero-order valence-corrected chi connectivity index (χ0v) is 21.0. The third-order valence-corrected chi connectivity index (χ3v) is 7.84. The minimum atomic E-state index is -0.446. The molecule has 1 fully saturated rings. The third kappa shape index (κ3) is 3.84. The standard InChI is InChI=1S/C28H22FN7OS/c29-23-19(17-11-18(13-30-12-17)32-28(37)15-3-1-2-4-15)5-6-21-22(23)25(36-35-21)27-33-24-20(16-8-10-38-14-16)7-9-31-26(24)34-27/h5-15H,1-4H2,(H,32,37)(H,35,36)(H,31,33,34). The molecule has 0 unspecified atom stereocenters. The molecule has 0 aliphatic heterocycles. The number of thiophene rings is 1. The van der Waals surface area contributed by atoms with Gasteiger partial charge >= 0.3 is 0 Å². The number of anilines is 1. The Morgan fingerprint density at radius 2 is 1.97 bits per heavy atom. The number of nitrogens with zero attached hydrogens (tertiary/aromatic N) is 4. The lowest BCUT2D eigenvalue weighted by molar-refractivity contribution is -0.119. The van der Waals surface area contributed by atoms with Crippen molar-refractivity contribution in [1.82, 2.24) is 30.1 Å². The smallest absolute Gasteiger partial charge is 0.227 e. The summed E-state index contributed by atoms with van der Waals surface area (Å²) >= 11 is 1.61. The van der Waals surface area contributed by atoms with Gasteiger partial charge < -0.3 is 10.3 Å². The largest absolute Gasteiger partial charge is 0.335 e. The zero-order chi connectivity index (χ0) is 25.6. The predicted molar refractivity (Wildman–Crippen MR) is 146 cm³/mol. The summed E-state index contributed by atoms with van der Waals surface area (Å²) in [5.41, 5.74) is 5.72. The fraction of sp³-hybridized carbons (Fsp3) is 0.179. The van der Waals surface area contributed by atoms with Crippen LogP contribution in [0.1, 0.15) is 25.7 Å². The summed E-state index contributed by atoms with van der Waals surface area (Å²) < 4.78 is 16.1. The van der Waals surface area contributed by atoms with Gasteiger partial charge in [0.1, 0.15) is 11.5 Å². The number of pyridine rings is 2. The molecule has 5 aromatic heterocycles. The van der Waals surface area contributed by atoms with Crippen LogP contribution in [-0.4, -0.2) is 36.0 Å². The minimum Gasteiger partial charge on any atom is -0.335 e. The van der Waals surface area contributed by atoms with Gasteiger partial charge in [0.15, 0.2) is 11.5 Å². The summed E-state index contributed by atoms with van der Waals surface area (Å²) in [6.45, 7) is 0. The van der Waals surface area contributed by atoms with Gasteiger partial charge in [0.2, 0.25) is 5.91 Å². The fourth-order valence-electron chi connectivity index (χ4n) is 5.24. The molecular weight excluding hydrogens is 501 g/mol. The molecule has 0 bridgehead atoms. The number of halogens is 1. The van der Waals surface area contributed by atoms with Gasteiger partial charge in [-0.3, -0.25) is 14.9 Å². The SMILES string of the molecule is O=C(Nc1cncc(-c2ccc3[nH]nc(-c4nc5nccc(-c6ccsc6)c5[nH]4)c3c2F)c1)C1CCCC1. The molecule has 0 saturated heterocycles. The Balaban J connectivity index is 1.28. The van der Waals surface area contributed by atoms with Gasteiger partial charge in [0, 0.05) is 35.0 Å². The number of H-pyrrole nitrogens is 2. The van der Waals surface area contributed by atoms with E-state index in [9.17, 15) is 4.79 Å². The van der Waals surface area contributed by atoms with Crippen molar-refractivity contribution in [3.8, 4) is 33.8 Å². The first-order valence-corrected chi connectivity index (χ1v) is 13.4. The molecule has 188 valence electrons. The summed E-state index contributed by atoms with van der Waals surface area (Å²) in [4.78, 5) is 29.2. The molecule has 6 aromatic rings. The maximum absolute atomic E-state index is 16.1. The number of nitrogens with one attached hydrogen (secondary N) is 3. The highest BCUT2D eigenvalue weighted by Gasteiger charge is 2.24. The van der Waals surface area contributed by atoms with Gasteiger partial charge in [-0.1, -0.05) is 12.8 Å². The van der Waals surface area contributed by atoms with Gasteiger partial charge in [-0.05, 0) is 59.5 Å². The fourth-order valence-corrected chi connectivity index (χ4v) is 5.89. The maximum Gasteiger partial charge on any atom is 0.227 e. The lowest BCUT2D eigenvalue weighted by atomic mass is 10.0. The first kappa shape index (κ1) is 22.7. The normalized spacial score (nSPS) is 14.0. The van der Waals surface area contributed by atoms with E-state index in [1.54, 1.807) is 48.1 Å². The number of benzene rings is 1. The molecule has 1 aliphatic carbocycles. The van der Waals surface area contributed by atoms with Crippen LogP contribution in [0.25, 0.3) is 55.8 Å². The average Bonchev–Trinajstić information content (AvgIpc) is 3.74. The summed E-state index contributed by atoms with van der Waals surface area (Å²) in [5, 5.41) is 14.7. The molecular formula is C28H22FN7OS. The van der Waals surface area contributed by atoms with Gasteiger partial charge in [-0.15, -0.1) is 0 Å². The maximum atomic E-state index is 16.1. The van der Waals surface area contributed by atoms with Crippen LogP contribution in [0.5, 0.6) is 0 Å². The zero-order valence-electron chi connectivity index (χ0n) is 20.2. The van der Waals surface area contributed by atoms with Crippen LogP contribution in [0.15, 0.2) is 59.7 Å². The van der Waals surface area contributed by atoms with Crippen LogP contribution >= 0.6 is 11.3 Å². The molecule has 3 N–H and O–H groups in total. The van der Waals surface area contributed by atoms with Crippen molar-refractivity contribution in [2.45, 2.75) is 25.7 Å². The highest BCUT2D eigenvalue weighted by molar-refractivity contribution is 7.08. The second kappa shape index (κ2) is 9.14. The molecule has 8 nitrogen and oxygen atoms in total. The van der Waals surface area contributed by atoms with Crippen molar-refractivity contribution in [2.75, 3.05) is 5.32 Å². The van der Waals surface area contributed by atoms with E-state index in [2.05, 4.69) is 40.8 Å². The van der Waals surface area contributed by atoms with Crippen molar-refractivity contribution in [2.24, 2.45) is 5.92 Å². The Hall–Kier alpha value is -4.44. The van der Waals surface area contributed by atoms with Gasteiger partial charge in [-0.2, -0.15) is 16.4 Å². The van der Waals surface area contributed by atoms with Crippen molar-refractivity contribution < 1.29 is 9.18 Å². The summed E-state index contributed by atoms with van der Waals surface area (Å²) in [7, 11) is 0. The molecule has 1 saturated carbocycles. The third-order valence-electron chi connectivity index (χ3n) is 7.16. The summed E-state index contributed by atoms with van der Waals surface area (Å²) in [5.74, 6) is 0.000526. The quantitative estimate of drug-likeness (QED) is 0.237. The molecule has 1 amide bonds. The highest BCUT2D eigenvalue weighted by Crippen LogP contribution is 2.36. The molecule has 38 heavy (non-hydrogen) atoms. The molecule has 7 rings (SSSR count). The van der Waals surface area contributed by atoms with Crippen LogP contribution in [-0.2, 0) is 4.79 Å². The van der Waals surface area contributed by atoms with Crippen molar-refractivity contribution >= 4 is 45.0 Å². The first-order chi connectivity index (χ1) is 18.7. The summed E-state index contributed by atoms with van der Waals surface area (Å²) in [6.07, 6.45) is 8.85. The lowest BCUT2D eigenvalue weighted by Crippen LogP contribution is -2.20. The lowest BCUT2D eigenvalue weighted by Gasteiger charge is -2.11. The molecule has 5 heterocycles. The van der Waals surface area contributed by atoms with E-state index in [0.717, 1.165) is 42.3 Å². The Morgan fingerprint density at radius 3 is 2.82 bits per heavy atom. The minimum absolute atomic E-state index is 0.00480. The van der Waals surface area contributed by atoms with E-state index >= 15 is 4.39 Å². The van der Waals surface area contributed by atoms with Gasteiger partial charge in [0.25, 0.3) is 0 Å². The van der Waals surface area contributed by atoms with Crippen LogP contribution in [0.4, 0.5) is 10.1 Å². The second-order valence-corrected chi connectivity index (χ2v) is 10.3. The van der Waals surface area contributed by atoms with Crippen molar-refractivity contribution in [3.63, 3.8) is 0 Å². The van der Waals surface area contributed by atoms with E-state index in [0.29, 0.717) is 44.9 Å². The molecule has 1 aliphatic rings. The first-order valence-electron chi connectivity index (χ1n) is 12.5. The number of hydrogen-bond acceptors (Lipinski definition) is 6. The Morgan fingerprint density at radius 1 is 1.08 bits per heavy atom. The van der Waals surface area contributed by atoms with Crippen LogP contribution in [0, 0.1) is 11.7 Å². The van der Waals surface area contributed by atoms with Crippen LogP contribution in [0.3, 0.4) is 0 Å². The topological polar surface area (TPSA) is 112 Å². The Labute approximate surface area is 220 Å². The van der Waals surface area contributed by atoms with Gasteiger partial charge in [0.05, 0.1) is 28.3 Å². The molecule has 10 heteroatoms. The number of carbonyl (C=O) groups excluding carboxylic acids is 1. The Kier molecular flexibility index (Phi) is 5.47. The molecule has 0 radical (unpaired) electrons. The van der Waals surface area contributed by atoms with E-state index in [4.69, 9.17) is 0 Å². The van der Waals surface area contributed by atoms with Crippen molar-refractivity contribution in [1.29, 1.82) is 0 Å². The molecule has 0 spiro atoms. The van der Waals surface area contributed by atoms with Crippen molar-refractivity contribution in [3.05, 3.63) is 65.5 Å². The number of carbonyl (C=O) groups is 1. The van der Waals surface area contributed by atoms with Crippen LogP contribution in [0.2, 0.25) is 0 Å². The average molecular weight is 524 g/mol. The summed E-state index contributed by atoms with van der Waals surface area (Å²) in [6, 6.07) is 9.19. The number of hydrogen-bond donors (Lipinski definition) is 3. The van der Waals surface area contributed by atoms with Crippen LogP contribution < -0.4 is 5.32 Å². The van der Waals surface area contributed by atoms with E-state index < -0.39 is 5.82 Å². The number of aromatic nitrogens is 6. The van der Waals surface area contributed by atoms with Gasteiger partial charge in [-0.25, -0.2) is 14.4 Å². The Bertz CT molecular complexity index is 1800. The number of aromatic amines is 2. The predicted octanol–water partition coefficient (Wildman–Crippen LogP) is 6.56. The van der Waals surface area contributed by atoms with E-state index in [-0.39, 0.29) is 11.8 Å². The number of amides is 1. The van der Waals surface area contributed by atoms with E-state index in [1.807, 2.05) is 17.5 Å². The van der Waals surface area contributed by atoms with E-state index in [1.165, 1.54) is 0 Å². The molecule has 0 atom stereocenters. The second-order valence-electron chi connectivity index (χ2n) is 9.51.